The Balaban J connectivity index is 1.47. The summed E-state index contributed by atoms with van der Waals surface area (Å²) in [6, 6.07) is 14.0. The number of hydrogen-bond donors (Lipinski definition) is 1. The van der Waals surface area contributed by atoms with Crippen LogP contribution >= 0.6 is 0 Å². The highest BCUT2D eigenvalue weighted by Crippen LogP contribution is 2.45. The number of carbonyl (C=O) groups is 1. The maximum Gasteiger partial charge on any atom is 0.312 e. The van der Waals surface area contributed by atoms with Crippen molar-refractivity contribution in [3.8, 4) is 34.1 Å². The molecule has 0 fully saturated rings. The molecule has 0 amide bonds. The molecule has 9 nitrogen and oxygen atoms in total. The zero-order valence-corrected chi connectivity index (χ0v) is 21.6. The monoisotopic (exact) mass is 537 g/mol. The molecule has 4 heterocycles. The normalized spacial score (nSPS) is 15.8. The van der Waals surface area contributed by atoms with Crippen molar-refractivity contribution >= 4 is 27.8 Å². The third-order valence-corrected chi connectivity index (χ3v) is 7.87. The largest absolute Gasteiger partial charge is 0.507 e. The van der Waals surface area contributed by atoms with E-state index in [0.29, 0.717) is 34.7 Å². The number of nitrogens with zero attached hydrogens (tertiary/aromatic N) is 1. The van der Waals surface area contributed by atoms with Crippen molar-refractivity contribution < 1.29 is 28.5 Å². The molecule has 0 unspecified atom stereocenters. The zero-order chi connectivity index (χ0) is 27.7. The lowest BCUT2D eigenvalue weighted by Gasteiger charge is -2.26. The lowest BCUT2D eigenvalue weighted by molar-refractivity contribution is -0.135. The summed E-state index contributed by atoms with van der Waals surface area (Å²) < 4.78 is 23.9. The van der Waals surface area contributed by atoms with Crippen molar-refractivity contribution in [3.05, 3.63) is 92.1 Å². The molecular weight excluding hydrogens is 514 g/mol. The van der Waals surface area contributed by atoms with Gasteiger partial charge in [-0.1, -0.05) is 24.3 Å². The average molecular weight is 538 g/mol. The van der Waals surface area contributed by atoms with Gasteiger partial charge in [-0.3, -0.25) is 14.4 Å². The van der Waals surface area contributed by atoms with Gasteiger partial charge in [0.25, 0.3) is 5.56 Å². The molecule has 2 aliphatic heterocycles. The quantitative estimate of drug-likeness (QED) is 0.263. The van der Waals surface area contributed by atoms with Crippen LogP contribution in [0.5, 0.6) is 23.0 Å². The van der Waals surface area contributed by atoms with E-state index < -0.39 is 23.1 Å². The number of phenolic OH excluding ortho intramolecular Hbond substituents is 1. The van der Waals surface area contributed by atoms with Crippen LogP contribution < -0.4 is 25.2 Å². The number of aromatic hydroxyl groups is 1. The van der Waals surface area contributed by atoms with E-state index in [1.807, 2.05) is 24.3 Å². The van der Waals surface area contributed by atoms with Gasteiger partial charge in [0.15, 0.2) is 11.5 Å². The Labute approximate surface area is 226 Å². The minimum absolute atomic E-state index is 0.0583. The molecule has 0 saturated heterocycles. The van der Waals surface area contributed by atoms with Crippen LogP contribution in [-0.2, 0) is 17.8 Å². The second-order valence-corrected chi connectivity index (χ2v) is 9.95. The van der Waals surface area contributed by atoms with Gasteiger partial charge in [0.05, 0.1) is 31.7 Å². The molecule has 0 radical (unpaired) electrons. The summed E-state index contributed by atoms with van der Waals surface area (Å²) in [5.41, 5.74) is 2.86. The zero-order valence-electron chi connectivity index (χ0n) is 21.6. The Morgan fingerprint density at radius 2 is 1.82 bits per heavy atom. The van der Waals surface area contributed by atoms with E-state index >= 15 is 0 Å². The Hall–Kier alpha value is -5.05. The molecule has 200 valence electrons. The molecule has 0 spiro atoms. The number of aryl methyl sites for hydroxylation is 2. The van der Waals surface area contributed by atoms with Gasteiger partial charge in [0, 0.05) is 29.7 Å². The Kier molecular flexibility index (Phi) is 5.25. The first-order valence-corrected chi connectivity index (χ1v) is 12.8. The molecule has 3 aromatic carbocycles. The summed E-state index contributed by atoms with van der Waals surface area (Å²) in [4.78, 5) is 40.2. The van der Waals surface area contributed by atoms with Crippen molar-refractivity contribution in [1.82, 2.24) is 4.57 Å². The number of hydrogen-bond acceptors (Lipinski definition) is 8. The Bertz CT molecular complexity index is 2020. The molecular formula is C31H23NO8. The van der Waals surface area contributed by atoms with Gasteiger partial charge < -0.3 is 28.3 Å². The van der Waals surface area contributed by atoms with Crippen LogP contribution in [0.15, 0.2) is 68.8 Å². The summed E-state index contributed by atoms with van der Waals surface area (Å²) in [6.45, 7) is 0.548. The smallest absolute Gasteiger partial charge is 0.312 e. The van der Waals surface area contributed by atoms with Gasteiger partial charge >= 0.3 is 5.97 Å². The van der Waals surface area contributed by atoms with Crippen molar-refractivity contribution in [1.29, 1.82) is 0 Å². The number of fused-ring (bicyclic) bond motifs is 3. The van der Waals surface area contributed by atoms with Gasteiger partial charge in [-0.15, -0.1) is 0 Å². The Morgan fingerprint density at radius 3 is 2.62 bits per heavy atom. The molecule has 7 rings (SSSR count). The topological polar surface area (TPSA) is 117 Å². The third kappa shape index (κ3) is 3.37. The number of aromatic nitrogens is 1. The van der Waals surface area contributed by atoms with Crippen LogP contribution in [-0.4, -0.2) is 29.9 Å². The number of benzene rings is 3. The van der Waals surface area contributed by atoms with Crippen LogP contribution in [0.3, 0.4) is 0 Å². The predicted molar refractivity (Wildman–Crippen MR) is 147 cm³/mol. The highest BCUT2D eigenvalue weighted by molar-refractivity contribution is 5.94. The van der Waals surface area contributed by atoms with E-state index in [0.717, 1.165) is 22.9 Å². The van der Waals surface area contributed by atoms with Crippen LogP contribution in [0, 0.1) is 0 Å². The summed E-state index contributed by atoms with van der Waals surface area (Å²) in [7, 11) is 3.01. The van der Waals surface area contributed by atoms with E-state index in [1.165, 1.54) is 26.5 Å². The summed E-state index contributed by atoms with van der Waals surface area (Å²) in [5.74, 6) is -0.696. The highest BCUT2D eigenvalue weighted by atomic mass is 16.5. The predicted octanol–water partition coefficient (Wildman–Crippen LogP) is 4.49. The first kappa shape index (κ1) is 24.0. The van der Waals surface area contributed by atoms with Crippen LogP contribution in [0.2, 0.25) is 0 Å². The van der Waals surface area contributed by atoms with Gasteiger partial charge in [0.1, 0.15) is 28.7 Å². The average Bonchev–Trinajstić information content (AvgIpc) is 3.40. The first-order chi connectivity index (χ1) is 19.4. The molecule has 1 atom stereocenters. The molecule has 0 bridgehead atoms. The van der Waals surface area contributed by atoms with E-state index in [9.17, 15) is 19.5 Å². The van der Waals surface area contributed by atoms with Crippen molar-refractivity contribution in [2.45, 2.75) is 25.3 Å². The number of pyridine rings is 1. The fourth-order valence-corrected chi connectivity index (χ4v) is 6.04. The van der Waals surface area contributed by atoms with E-state index in [-0.39, 0.29) is 34.3 Å². The molecule has 1 N–H and O–H groups in total. The molecule has 9 heteroatoms. The lowest BCUT2D eigenvalue weighted by Crippen LogP contribution is -2.29. The van der Waals surface area contributed by atoms with Crippen LogP contribution in [0.25, 0.3) is 33.0 Å². The first-order valence-electron chi connectivity index (χ1n) is 12.8. The number of esters is 1. The summed E-state index contributed by atoms with van der Waals surface area (Å²) in [5, 5.41) is 11.8. The van der Waals surface area contributed by atoms with Gasteiger partial charge in [-0.25, -0.2) is 0 Å². The standard InChI is InChI=1S/C31H23NO8/c1-37-22-7-6-16(11-23(22)38-2)20-14-39-30-26-18(12-25(34)40-24(26)13-21(33)27(30)29(20)35)19-10-17-5-3-4-15-8-9-32(28(15)17)31(19)36/h3-7,10-11,13-14,18,33H,8-9,12H2,1-2H3/t18-/m0/s1. The van der Waals surface area contributed by atoms with E-state index in [1.54, 1.807) is 22.8 Å². The number of rotatable bonds is 4. The van der Waals surface area contributed by atoms with Crippen LogP contribution in [0.1, 0.15) is 29.0 Å². The number of methoxy groups -OCH3 is 2. The van der Waals surface area contributed by atoms with Gasteiger partial charge in [-0.2, -0.15) is 0 Å². The molecule has 5 aromatic rings. The van der Waals surface area contributed by atoms with E-state index in [2.05, 4.69) is 0 Å². The minimum Gasteiger partial charge on any atom is -0.507 e. The maximum absolute atomic E-state index is 13.8. The van der Waals surface area contributed by atoms with Crippen molar-refractivity contribution in [2.24, 2.45) is 0 Å². The molecule has 2 aromatic heterocycles. The van der Waals surface area contributed by atoms with Gasteiger partial charge in [-0.05, 0) is 41.1 Å². The summed E-state index contributed by atoms with van der Waals surface area (Å²) in [6.07, 6.45) is 1.94. The fourth-order valence-electron chi connectivity index (χ4n) is 6.04. The Morgan fingerprint density at radius 1 is 1.00 bits per heavy atom. The lowest BCUT2D eigenvalue weighted by atomic mass is 9.85. The number of carbonyl (C=O) groups excluding carboxylic acids is 1. The molecule has 0 aliphatic carbocycles. The number of phenols is 1. The molecule has 2 aliphatic rings. The number of para-hydroxylation sites is 1. The third-order valence-electron chi connectivity index (χ3n) is 7.87. The van der Waals surface area contributed by atoms with Crippen molar-refractivity contribution in [2.75, 3.05) is 14.2 Å². The fraction of sp³-hybridized carbons (Fsp3) is 0.194. The SMILES string of the molecule is COc1ccc(-c2coc3c4c(cc(O)c3c2=O)OC(=O)C[C@H]4c2cc3cccc4c3n(c2=O)CC4)cc1OC. The second-order valence-electron chi connectivity index (χ2n) is 9.95. The summed E-state index contributed by atoms with van der Waals surface area (Å²) >= 11 is 0. The molecule has 40 heavy (non-hydrogen) atoms. The highest BCUT2D eigenvalue weighted by Gasteiger charge is 2.36. The number of ether oxygens (including phenoxy) is 3. The van der Waals surface area contributed by atoms with Gasteiger partial charge in [0.2, 0.25) is 5.43 Å². The van der Waals surface area contributed by atoms with E-state index in [4.69, 9.17) is 18.6 Å². The maximum atomic E-state index is 13.8. The second kappa shape index (κ2) is 8.74. The van der Waals surface area contributed by atoms with Crippen LogP contribution in [0.4, 0.5) is 0 Å². The molecule has 0 saturated carbocycles. The van der Waals surface area contributed by atoms with Crippen molar-refractivity contribution in [3.63, 3.8) is 0 Å². The minimum atomic E-state index is -0.737.